The Labute approximate surface area is 122 Å². The van der Waals surface area contributed by atoms with Crippen LogP contribution in [0.15, 0.2) is 60.7 Å². The Kier molecular flexibility index (Phi) is 3.32. The Morgan fingerprint density at radius 1 is 0.905 bits per heavy atom. The number of carboxylic acid groups (broad SMARTS) is 1. The van der Waals surface area contributed by atoms with Crippen molar-refractivity contribution >= 4 is 16.7 Å². The molecular formula is C18H14O3. The van der Waals surface area contributed by atoms with Crippen molar-refractivity contribution in [3.05, 3.63) is 66.2 Å². The predicted octanol–water partition coefficient (Wildman–Crippen LogP) is 4.21. The zero-order chi connectivity index (χ0) is 14.8. The van der Waals surface area contributed by atoms with Crippen molar-refractivity contribution in [2.24, 2.45) is 0 Å². The van der Waals surface area contributed by atoms with Crippen molar-refractivity contribution in [1.29, 1.82) is 0 Å². The molecule has 0 spiro atoms. The summed E-state index contributed by atoms with van der Waals surface area (Å²) in [4.78, 5) is 11.3. The summed E-state index contributed by atoms with van der Waals surface area (Å²) in [6.07, 6.45) is 0. The highest BCUT2D eigenvalue weighted by Gasteiger charge is 2.16. The van der Waals surface area contributed by atoms with Crippen LogP contribution in [0.4, 0.5) is 0 Å². The molecule has 0 saturated carbocycles. The molecule has 0 unspecified atom stereocenters. The molecule has 0 fully saturated rings. The molecule has 3 heteroatoms. The Morgan fingerprint density at radius 2 is 1.57 bits per heavy atom. The summed E-state index contributed by atoms with van der Waals surface area (Å²) in [5.74, 6) is -0.602. The van der Waals surface area contributed by atoms with Crippen molar-refractivity contribution in [1.82, 2.24) is 0 Å². The minimum Gasteiger partial charge on any atom is -0.495 e. The molecule has 3 nitrogen and oxygen atoms in total. The fourth-order valence-corrected chi connectivity index (χ4v) is 2.60. The SMILES string of the molecule is COc1c(C(=O)O)cccc1-c1cccc2ccccc12. The van der Waals surface area contributed by atoms with Gasteiger partial charge in [0.15, 0.2) is 0 Å². The highest BCUT2D eigenvalue weighted by molar-refractivity contribution is 6.01. The molecule has 0 aromatic heterocycles. The third-order valence-electron chi connectivity index (χ3n) is 3.53. The molecule has 3 aromatic carbocycles. The van der Waals surface area contributed by atoms with E-state index in [1.807, 2.05) is 48.5 Å². The summed E-state index contributed by atoms with van der Waals surface area (Å²) in [5.41, 5.74) is 1.92. The summed E-state index contributed by atoms with van der Waals surface area (Å²) in [6, 6.07) is 19.2. The summed E-state index contributed by atoms with van der Waals surface area (Å²) in [7, 11) is 1.50. The molecule has 1 N–H and O–H groups in total. The number of carboxylic acids is 1. The lowest BCUT2D eigenvalue weighted by Gasteiger charge is -2.13. The second-order valence-electron chi connectivity index (χ2n) is 4.72. The Morgan fingerprint density at radius 3 is 2.33 bits per heavy atom. The Balaban J connectivity index is 2.33. The number of methoxy groups -OCH3 is 1. The van der Waals surface area contributed by atoms with Gasteiger partial charge >= 0.3 is 5.97 Å². The standard InChI is InChI=1S/C18H14O3/c1-21-17-15(10-5-11-16(17)18(19)20)14-9-4-7-12-6-2-3-8-13(12)14/h2-11H,1H3,(H,19,20). The second kappa shape index (κ2) is 5.29. The zero-order valence-corrected chi connectivity index (χ0v) is 11.5. The number of fused-ring (bicyclic) bond motifs is 1. The van der Waals surface area contributed by atoms with E-state index in [-0.39, 0.29) is 5.56 Å². The van der Waals surface area contributed by atoms with E-state index in [0.29, 0.717) is 5.75 Å². The number of ether oxygens (including phenoxy) is 1. The minimum absolute atomic E-state index is 0.169. The van der Waals surface area contributed by atoms with Crippen LogP contribution in [0.5, 0.6) is 5.75 Å². The van der Waals surface area contributed by atoms with Crippen molar-refractivity contribution < 1.29 is 14.6 Å². The van der Waals surface area contributed by atoms with Crippen LogP contribution in [-0.2, 0) is 0 Å². The minimum atomic E-state index is -0.992. The van der Waals surface area contributed by atoms with Crippen LogP contribution in [0, 0.1) is 0 Å². The van der Waals surface area contributed by atoms with Crippen LogP contribution in [0.3, 0.4) is 0 Å². The normalized spacial score (nSPS) is 10.5. The van der Waals surface area contributed by atoms with Gasteiger partial charge in [-0.25, -0.2) is 4.79 Å². The molecule has 0 radical (unpaired) electrons. The molecule has 0 aliphatic rings. The largest absolute Gasteiger partial charge is 0.495 e. The third kappa shape index (κ3) is 2.23. The molecule has 0 saturated heterocycles. The van der Waals surface area contributed by atoms with Crippen LogP contribution in [0.2, 0.25) is 0 Å². The van der Waals surface area contributed by atoms with Crippen molar-refractivity contribution in [3.8, 4) is 16.9 Å². The first kappa shape index (κ1) is 13.2. The maximum Gasteiger partial charge on any atom is 0.339 e. The fourth-order valence-electron chi connectivity index (χ4n) is 2.60. The van der Waals surface area contributed by atoms with Crippen molar-refractivity contribution in [2.45, 2.75) is 0 Å². The van der Waals surface area contributed by atoms with E-state index in [2.05, 4.69) is 0 Å². The first-order valence-electron chi connectivity index (χ1n) is 6.61. The first-order valence-corrected chi connectivity index (χ1v) is 6.61. The van der Waals surface area contributed by atoms with Crippen molar-refractivity contribution in [2.75, 3.05) is 7.11 Å². The molecule has 3 aromatic rings. The smallest absolute Gasteiger partial charge is 0.339 e. The lowest BCUT2D eigenvalue weighted by Crippen LogP contribution is -2.01. The summed E-state index contributed by atoms with van der Waals surface area (Å²) < 4.78 is 5.36. The van der Waals surface area contributed by atoms with Gasteiger partial charge in [-0.3, -0.25) is 0 Å². The molecular weight excluding hydrogens is 264 g/mol. The van der Waals surface area contributed by atoms with Crippen molar-refractivity contribution in [3.63, 3.8) is 0 Å². The van der Waals surface area contributed by atoms with Gasteiger partial charge in [-0.15, -0.1) is 0 Å². The van der Waals surface area contributed by atoms with Gasteiger partial charge in [-0.05, 0) is 22.4 Å². The number of para-hydroxylation sites is 1. The van der Waals surface area contributed by atoms with Crippen LogP contribution in [0.25, 0.3) is 21.9 Å². The molecule has 0 aliphatic carbocycles. The predicted molar refractivity (Wildman–Crippen MR) is 82.9 cm³/mol. The van der Waals surface area contributed by atoms with E-state index in [1.54, 1.807) is 12.1 Å². The molecule has 0 aliphatic heterocycles. The number of benzene rings is 3. The zero-order valence-electron chi connectivity index (χ0n) is 11.5. The highest BCUT2D eigenvalue weighted by Crippen LogP contribution is 2.37. The summed E-state index contributed by atoms with van der Waals surface area (Å²) in [5, 5.41) is 11.5. The average molecular weight is 278 g/mol. The van der Waals surface area contributed by atoms with Gasteiger partial charge in [0, 0.05) is 5.56 Å². The number of carbonyl (C=O) groups is 1. The number of hydrogen-bond acceptors (Lipinski definition) is 2. The number of hydrogen-bond donors (Lipinski definition) is 1. The fraction of sp³-hybridized carbons (Fsp3) is 0.0556. The van der Waals surface area contributed by atoms with Crippen LogP contribution >= 0.6 is 0 Å². The van der Waals surface area contributed by atoms with Crippen LogP contribution in [0.1, 0.15) is 10.4 Å². The molecule has 3 rings (SSSR count). The lowest BCUT2D eigenvalue weighted by molar-refractivity contribution is 0.0693. The van der Waals surface area contributed by atoms with E-state index < -0.39 is 5.97 Å². The maximum absolute atomic E-state index is 11.3. The highest BCUT2D eigenvalue weighted by atomic mass is 16.5. The van der Waals surface area contributed by atoms with Gasteiger partial charge in [-0.1, -0.05) is 54.6 Å². The molecule has 0 atom stereocenters. The first-order chi connectivity index (χ1) is 10.2. The van der Waals surface area contributed by atoms with Gasteiger partial charge in [-0.2, -0.15) is 0 Å². The molecule has 21 heavy (non-hydrogen) atoms. The lowest BCUT2D eigenvalue weighted by atomic mass is 9.96. The van der Waals surface area contributed by atoms with Gasteiger partial charge < -0.3 is 9.84 Å². The monoisotopic (exact) mass is 278 g/mol. The molecule has 0 amide bonds. The van der Waals surface area contributed by atoms with E-state index in [9.17, 15) is 9.90 Å². The third-order valence-corrected chi connectivity index (χ3v) is 3.53. The summed E-state index contributed by atoms with van der Waals surface area (Å²) in [6.45, 7) is 0. The molecule has 104 valence electrons. The second-order valence-corrected chi connectivity index (χ2v) is 4.72. The summed E-state index contributed by atoms with van der Waals surface area (Å²) >= 11 is 0. The van der Waals surface area contributed by atoms with Crippen LogP contribution < -0.4 is 4.74 Å². The van der Waals surface area contributed by atoms with Gasteiger partial charge in [0.05, 0.1) is 7.11 Å². The van der Waals surface area contributed by atoms with Gasteiger partial charge in [0.2, 0.25) is 0 Å². The average Bonchev–Trinajstić information content (AvgIpc) is 2.53. The van der Waals surface area contributed by atoms with Crippen LogP contribution in [-0.4, -0.2) is 18.2 Å². The van der Waals surface area contributed by atoms with E-state index in [1.165, 1.54) is 7.11 Å². The number of rotatable bonds is 3. The van der Waals surface area contributed by atoms with Gasteiger partial charge in [0.1, 0.15) is 11.3 Å². The number of aromatic carboxylic acids is 1. The maximum atomic E-state index is 11.3. The van der Waals surface area contributed by atoms with E-state index in [4.69, 9.17) is 4.74 Å². The molecule has 0 bridgehead atoms. The quantitative estimate of drug-likeness (QED) is 0.780. The van der Waals surface area contributed by atoms with E-state index >= 15 is 0 Å². The van der Waals surface area contributed by atoms with E-state index in [0.717, 1.165) is 21.9 Å². The molecule has 0 heterocycles. The Bertz CT molecular complexity index is 816. The topological polar surface area (TPSA) is 46.5 Å². The van der Waals surface area contributed by atoms with Gasteiger partial charge in [0.25, 0.3) is 0 Å². The Hall–Kier alpha value is -2.81.